The number of carbonyl (C=O) groups excluding carboxylic acids is 2. The number of hydrogen-bond donors (Lipinski definition) is 1. The van der Waals surface area contributed by atoms with E-state index in [1.807, 2.05) is 0 Å². The first-order valence-corrected chi connectivity index (χ1v) is 8.51. The van der Waals surface area contributed by atoms with E-state index in [1.165, 1.54) is 59.0 Å². The lowest BCUT2D eigenvalue weighted by Crippen LogP contribution is -2.25. The number of esters is 1. The third-order valence-electron chi connectivity index (χ3n) is 3.77. The van der Waals surface area contributed by atoms with Crippen LogP contribution in [0.1, 0.15) is 78.1 Å². The minimum absolute atomic E-state index is 0.0644. The Hall–Kier alpha value is -1.16. The highest BCUT2D eigenvalue weighted by molar-refractivity contribution is 5.98. The first kappa shape index (κ1) is 20.8. The highest BCUT2D eigenvalue weighted by atomic mass is 16.5. The number of allylic oxidation sites excluding steroid dienone is 1. The van der Waals surface area contributed by atoms with Crippen molar-refractivity contribution >= 4 is 11.8 Å². The number of ketones is 1. The van der Waals surface area contributed by atoms with E-state index in [0.29, 0.717) is 6.42 Å². The topological polar surface area (TPSA) is 63.6 Å². The predicted molar refractivity (Wildman–Crippen MR) is 88.6 cm³/mol. The SMILES string of the molecule is CCCCCCCCCCC/C=C(/C(=O)OC)[C@@H](O)C(C)=O. The van der Waals surface area contributed by atoms with Gasteiger partial charge in [0.25, 0.3) is 0 Å². The fourth-order valence-electron chi connectivity index (χ4n) is 2.36. The van der Waals surface area contributed by atoms with Crippen LogP contribution in [0.5, 0.6) is 0 Å². The van der Waals surface area contributed by atoms with Crippen LogP contribution in [0.4, 0.5) is 0 Å². The number of hydrogen-bond acceptors (Lipinski definition) is 4. The summed E-state index contributed by atoms with van der Waals surface area (Å²) in [5, 5.41) is 9.71. The van der Waals surface area contributed by atoms with Crippen LogP contribution >= 0.6 is 0 Å². The maximum Gasteiger partial charge on any atom is 0.336 e. The maximum atomic E-state index is 11.5. The number of aliphatic hydroxyl groups excluding tert-OH is 1. The van der Waals surface area contributed by atoms with Gasteiger partial charge in [-0.05, 0) is 19.8 Å². The van der Waals surface area contributed by atoms with E-state index < -0.39 is 17.9 Å². The molecule has 0 saturated heterocycles. The van der Waals surface area contributed by atoms with Gasteiger partial charge in [0, 0.05) is 0 Å². The third-order valence-corrected chi connectivity index (χ3v) is 3.77. The van der Waals surface area contributed by atoms with Crippen LogP contribution in [0.3, 0.4) is 0 Å². The van der Waals surface area contributed by atoms with Gasteiger partial charge in [-0.1, -0.05) is 64.4 Å². The number of unbranched alkanes of at least 4 members (excludes halogenated alkanes) is 9. The molecule has 4 heteroatoms. The van der Waals surface area contributed by atoms with Gasteiger partial charge in [-0.3, -0.25) is 4.79 Å². The number of ether oxygens (including phenoxy) is 1. The normalized spacial score (nSPS) is 13.0. The zero-order valence-electron chi connectivity index (χ0n) is 14.4. The lowest BCUT2D eigenvalue weighted by molar-refractivity contribution is -0.139. The molecule has 22 heavy (non-hydrogen) atoms. The molecule has 0 bridgehead atoms. The van der Waals surface area contributed by atoms with E-state index in [4.69, 9.17) is 0 Å². The minimum Gasteiger partial charge on any atom is -0.466 e. The molecular weight excluding hydrogens is 280 g/mol. The smallest absolute Gasteiger partial charge is 0.336 e. The molecule has 0 amide bonds. The summed E-state index contributed by atoms with van der Waals surface area (Å²) in [6.07, 6.45) is 12.0. The fourth-order valence-corrected chi connectivity index (χ4v) is 2.36. The molecule has 0 spiro atoms. The summed E-state index contributed by atoms with van der Waals surface area (Å²) in [4.78, 5) is 22.7. The van der Waals surface area contributed by atoms with Gasteiger partial charge in [0.1, 0.15) is 6.10 Å². The average Bonchev–Trinajstić information content (AvgIpc) is 2.51. The zero-order chi connectivity index (χ0) is 16.8. The molecule has 0 aromatic rings. The number of aliphatic hydroxyl groups is 1. The molecule has 0 aliphatic carbocycles. The van der Waals surface area contributed by atoms with Crippen molar-refractivity contribution in [3.8, 4) is 0 Å². The molecule has 0 unspecified atom stereocenters. The van der Waals surface area contributed by atoms with Crippen LogP contribution < -0.4 is 0 Å². The van der Waals surface area contributed by atoms with E-state index >= 15 is 0 Å². The van der Waals surface area contributed by atoms with Crippen molar-refractivity contribution in [1.82, 2.24) is 0 Å². The Morgan fingerprint density at radius 1 is 1.00 bits per heavy atom. The van der Waals surface area contributed by atoms with E-state index in [1.54, 1.807) is 6.08 Å². The molecule has 0 radical (unpaired) electrons. The Balaban J connectivity index is 3.91. The Kier molecular flexibility index (Phi) is 12.8. The first-order valence-electron chi connectivity index (χ1n) is 8.51. The molecule has 0 aromatic heterocycles. The second kappa shape index (κ2) is 13.5. The highest BCUT2D eigenvalue weighted by Gasteiger charge is 2.22. The summed E-state index contributed by atoms with van der Waals surface area (Å²) in [6.45, 7) is 3.49. The number of methoxy groups -OCH3 is 1. The third kappa shape index (κ3) is 9.72. The van der Waals surface area contributed by atoms with Crippen molar-refractivity contribution in [3.63, 3.8) is 0 Å². The summed E-state index contributed by atoms with van der Waals surface area (Å²) in [6, 6.07) is 0. The molecule has 0 aliphatic heterocycles. The molecular formula is C18H32O4. The standard InChI is InChI=1S/C18H32O4/c1-4-5-6-7-8-9-10-11-12-13-14-16(18(21)22-3)17(20)15(2)19/h14,17,20H,4-13H2,1-3H3/b16-14+/t17-/m0/s1. The van der Waals surface area contributed by atoms with Crippen LogP contribution in [0.2, 0.25) is 0 Å². The second-order valence-electron chi connectivity index (χ2n) is 5.78. The molecule has 0 fully saturated rings. The van der Waals surface area contributed by atoms with Crippen molar-refractivity contribution < 1.29 is 19.4 Å². The van der Waals surface area contributed by atoms with Crippen LogP contribution in [-0.4, -0.2) is 30.1 Å². The summed E-state index contributed by atoms with van der Waals surface area (Å²) < 4.78 is 4.61. The van der Waals surface area contributed by atoms with Crippen molar-refractivity contribution in [2.75, 3.05) is 7.11 Å². The Morgan fingerprint density at radius 2 is 1.50 bits per heavy atom. The van der Waals surface area contributed by atoms with Gasteiger partial charge in [-0.2, -0.15) is 0 Å². The summed E-state index contributed by atoms with van der Waals surface area (Å²) in [7, 11) is 1.25. The fraction of sp³-hybridized carbons (Fsp3) is 0.778. The number of Topliss-reactive ketones (excluding diaryl/α,β-unsaturated/α-hetero) is 1. The summed E-state index contributed by atoms with van der Waals surface area (Å²) in [5.41, 5.74) is 0.0644. The van der Waals surface area contributed by atoms with E-state index in [9.17, 15) is 14.7 Å². The van der Waals surface area contributed by atoms with E-state index in [2.05, 4.69) is 11.7 Å². The first-order chi connectivity index (χ1) is 10.5. The van der Waals surface area contributed by atoms with Gasteiger partial charge in [0.05, 0.1) is 12.7 Å². The quantitative estimate of drug-likeness (QED) is 0.318. The summed E-state index contributed by atoms with van der Waals surface area (Å²) in [5.74, 6) is -1.07. The molecule has 0 heterocycles. The van der Waals surface area contributed by atoms with Gasteiger partial charge < -0.3 is 9.84 Å². The molecule has 0 aliphatic rings. The Labute approximate surface area is 134 Å². The monoisotopic (exact) mass is 312 g/mol. The van der Waals surface area contributed by atoms with Crippen LogP contribution in [0, 0.1) is 0 Å². The molecule has 128 valence electrons. The average molecular weight is 312 g/mol. The molecule has 1 N–H and O–H groups in total. The van der Waals surface area contributed by atoms with Crippen molar-refractivity contribution in [2.24, 2.45) is 0 Å². The lowest BCUT2D eigenvalue weighted by Gasteiger charge is -2.10. The Bertz CT molecular complexity index is 347. The lowest BCUT2D eigenvalue weighted by atomic mass is 10.0. The van der Waals surface area contributed by atoms with Crippen LogP contribution in [-0.2, 0) is 14.3 Å². The van der Waals surface area contributed by atoms with Crippen molar-refractivity contribution in [2.45, 2.75) is 84.2 Å². The molecule has 0 saturated carbocycles. The van der Waals surface area contributed by atoms with Crippen molar-refractivity contribution in [3.05, 3.63) is 11.6 Å². The number of carbonyl (C=O) groups is 2. The molecule has 0 rings (SSSR count). The molecule has 0 aromatic carbocycles. The number of rotatable bonds is 13. The van der Waals surface area contributed by atoms with Crippen LogP contribution in [0.25, 0.3) is 0 Å². The van der Waals surface area contributed by atoms with Crippen LogP contribution in [0.15, 0.2) is 11.6 Å². The largest absolute Gasteiger partial charge is 0.466 e. The Morgan fingerprint density at radius 3 is 1.95 bits per heavy atom. The highest BCUT2D eigenvalue weighted by Crippen LogP contribution is 2.13. The van der Waals surface area contributed by atoms with Gasteiger partial charge in [-0.15, -0.1) is 0 Å². The minimum atomic E-state index is -1.37. The van der Waals surface area contributed by atoms with E-state index in [-0.39, 0.29) is 5.57 Å². The van der Waals surface area contributed by atoms with Gasteiger partial charge in [0.15, 0.2) is 5.78 Å². The van der Waals surface area contributed by atoms with Crippen molar-refractivity contribution in [1.29, 1.82) is 0 Å². The maximum absolute atomic E-state index is 11.5. The molecule has 1 atom stereocenters. The van der Waals surface area contributed by atoms with Gasteiger partial charge in [-0.25, -0.2) is 4.79 Å². The molecule has 4 nitrogen and oxygen atoms in total. The second-order valence-corrected chi connectivity index (χ2v) is 5.78. The van der Waals surface area contributed by atoms with Gasteiger partial charge >= 0.3 is 5.97 Å². The predicted octanol–water partition coefficient (Wildman–Crippen LogP) is 3.96. The summed E-state index contributed by atoms with van der Waals surface area (Å²) >= 11 is 0. The van der Waals surface area contributed by atoms with Gasteiger partial charge in [0.2, 0.25) is 0 Å². The zero-order valence-corrected chi connectivity index (χ0v) is 14.4. The van der Waals surface area contributed by atoms with E-state index in [0.717, 1.165) is 12.8 Å².